The van der Waals surface area contributed by atoms with Gasteiger partial charge in [0.2, 0.25) is 0 Å². The molecular weight excluding hydrogens is 328 g/mol. The van der Waals surface area contributed by atoms with Crippen LogP contribution in [0.2, 0.25) is 5.02 Å². The summed E-state index contributed by atoms with van der Waals surface area (Å²) in [5, 5.41) is 0.417. The molecule has 0 aliphatic heterocycles. The van der Waals surface area contributed by atoms with Crippen molar-refractivity contribution in [2.24, 2.45) is 12.0 Å². The molecule has 1 heterocycles. The summed E-state index contributed by atoms with van der Waals surface area (Å²) in [5.41, 5.74) is 2.60. The van der Waals surface area contributed by atoms with Crippen LogP contribution in [-0.2, 0) is 7.05 Å². The fourth-order valence-electron chi connectivity index (χ4n) is 2.46. The van der Waals surface area contributed by atoms with E-state index in [-0.39, 0.29) is 5.91 Å². The summed E-state index contributed by atoms with van der Waals surface area (Å²) >= 11 is 7.57. The van der Waals surface area contributed by atoms with E-state index in [9.17, 15) is 4.79 Å². The minimum Gasteiger partial charge on any atom is -0.319 e. The predicted molar refractivity (Wildman–Crippen MR) is 94.8 cm³/mol. The van der Waals surface area contributed by atoms with Gasteiger partial charge in [-0.1, -0.05) is 54.1 Å². The normalized spacial score (nSPS) is 11.7. The molecule has 3 rings (SSSR count). The van der Waals surface area contributed by atoms with Crippen LogP contribution in [0.5, 0.6) is 0 Å². The lowest BCUT2D eigenvalue weighted by atomic mass is 10.1. The first kappa shape index (κ1) is 15.7. The van der Waals surface area contributed by atoms with Crippen molar-refractivity contribution in [3.05, 3.63) is 74.9 Å². The first-order valence-corrected chi connectivity index (χ1v) is 8.33. The molecule has 3 aromatic rings. The number of aromatic nitrogens is 1. The zero-order valence-electron chi connectivity index (χ0n) is 12.8. The summed E-state index contributed by atoms with van der Waals surface area (Å²) < 4.78 is 1.95. The highest BCUT2D eigenvalue weighted by atomic mass is 35.5. The lowest BCUT2D eigenvalue weighted by molar-refractivity contribution is 0.0998. The summed E-state index contributed by atoms with van der Waals surface area (Å²) in [5.74, 6) is -0.327. The van der Waals surface area contributed by atoms with Crippen LogP contribution >= 0.6 is 22.9 Å². The number of carbonyl (C=O) groups is 1. The van der Waals surface area contributed by atoms with Gasteiger partial charge in [-0.15, -0.1) is 11.3 Å². The van der Waals surface area contributed by atoms with E-state index in [0.717, 1.165) is 16.1 Å². The Labute approximate surface area is 143 Å². The van der Waals surface area contributed by atoms with Gasteiger partial charge in [-0.2, -0.15) is 4.99 Å². The topological polar surface area (TPSA) is 34.4 Å². The molecule has 1 amide bonds. The molecule has 23 heavy (non-hydrogen) atoms. The van der Waals surface area contributed by atoms with Gasteiger partial charge in [0, 0.05) is 11.9 Å². The number of amides is 1. The fourth-order valence-corrected chi connectivity index (χ4v) is 3.66. The zero-order valence-corrected chi connectivity index (χ0v) is 14.4. The number of hydrogen-bond donors (Lipinski definition) is 0. The summed E-state index contributed by atoms with van der Waals surface area (Å²) in [7, 11) is 1.92. The number of halogens is 1. The number of aryl methyl sites for hydroxylation is 1. The summed E-state index contributed by atoms with van der Waals surface area (Å²) in [6.45, 7) is 2.03. The second kappa shape index (κ2) is 6.52. The Morgan fingerprint density at radius 2 is 1.74 bits per heavy atom. The van der Waals surface area contributed by atoms with Crippen LogP contribution < -0.4 is 4.80 Å². The Morgan fingerprint density at radius 1 is 1.09 bits per heavy atom. The number of hydrogen-bond acceptors (Lipinski definition) is 2. The highest BCUT2D eigenvalue weighted by Crippen LogP contribution is 2.24. The second-order valence-corrected chi connectivity index (χ2v) is 6.70. The molecule has 0 aliphatic carbocycles. The van der Waals surface area contributed by atoms with E-state index in [4.69, 9.17) is 11.6 Å². The van der Waals surface area contributed by atoms with Crippen LogP contribution in [0.4, 0.5) is 0 Å². The van der Waals surface area contributed by atoms with Crippen molar-refractivity contribution in [1.29, 1.82) is 0 Å². The zero-order chi connectivity index (χ0) is 16.4. The third-order valence-electron chi connectivity index (χ3n) is 3.55. The molecular formula is C18H15ClN2OS. The SMILES string of the molecule is Cc1sc(=NC(=O)c2ccccc2Cl)n(C)c1-c1ccccc1. The number of nitrogens with zero attached hydrogens (tertiary/aromatic N) is 2. The quantitative estimate of drug-likeness (QED) is 0.677. The molecule has 0 atom stereocenters. The van der Waals surface area contributed by atoms with E-state index >= 15 is 0 Å². The standard InChI is InChI=1S/C18H15ClN2OS/c1-12-16(13-8-4-3-5-9-13)21(2)18(23-12)20-17(22)14-10-6-7-11-15(14)19/h3-11H,1-2H3. The van der Waals surface area contributed by atoms with Gasteiger partial charge in [0.15, 0.2) is 4.80 Å². The van der Waals surface area contributed by atoms with Gasteiger partial charge in [-0.3, -0.25) is 4.79 Å². The van der Waals surface area contributed by atoms with E-state index in [1.165, 1.54) is 11.3 Å². The first-order chi connectivity index (χ1) is 11.1. The van der Waals surface area contributed by atoms with E-state index in [1.54, 1.807) is 24.3 Å². The Balaban J connectivity index is 2.09. The summed E-state index contributed by atoms with van der Waals surface area (Å²) in [4.78, 5) is 18.4. The van der Waals surface area contributed by atoms with Gasteiger partial charge in [0.25, 0.3) is 5.91 Å². The molecule has 0 fully saturated rings. The number of benzene rings is 2. The Hall–Kier alpha value is -2.17. The van der Waals surface area contributed by atoms with E-state index in [1.807, 2.05) is 36.7 Å². The van der Waals surface area contributed by atoms with Crippen LogP contribution in [0.25, 0.3) is 11.3 Å². The highest BCUT2D eigenvalue weighted by molar-refractivity contribution is 7.09. The van der Waals surface area contributed by atoms with Crippen molar-refractivity contribution in [2.75, 3.05) is 0 Å². The first-order valence-electron chi connectivity index (χ1n) is 7.13. The lowest BCUT2D eigenvalue weighted by Gasteiger charge is -2.04. The van der Waals surface area contributed by atoms with Gasteiger partial charge < -0.3 is 4.57 Å². The molecule has 0 N–H and O–H groups in total. The molecule has 0 radical (unpaired) electrons. The average Bonchev–Trinajstić information content (AvgIpc) is 2.82. The minimum atomic E-state index is -0.327. The second-order valence-electron chi connectivity index (χ2n) is 5.11. The van der Waals surface area contributed by atoms with E-state index in [0.29, 0.717) is 15.4 Å². The van der Waals surface area contributed by atoms with Crippen molar-refractivity contribution < 1.29 is 4.79 Å². The molecule has 0 unspecified atom stereocenters. The summed E-state index contributed by atoms with van der Waals surface area (Å²) in [6.07, 6.45) is 0. The number of carbonyl (C=O) groups excluding carboxylic acids is 1. The maximum atomic E-state index is 12.4. The Bertz CT molecular complexity index is 926. The van der Waals surface area contributed by atoms with E-state index < -0.39 is 0 Å². The van der Waals surface area contributed by atoms with Crippen molar-refractivity contribution in [3.8, 4) is 11.3 Å². The van der Waals surface area contributed by atoms with Gasteiger partial charge in [-0.05, 0) is 24.6 Å². The van der Waals surface area contributed by atoms with Gasteiger partial charge in [0.05, 0.1) is 16.3 Å². The van der Waals surface area contributed by atoms with Gasteiger partial charge in [0.1, 0.15) is 0 Å². The molecule has 0 saturated carbocycles. The monoisotopic (exact) mass is 342 g/mol. The minimum absolute atomic E-state index is 0.327. The van der Waals surface area contributed by atoms with Crippen LogP contribution in [-0.4, -0.2) is 10.5 Å². The molecule has 2 aromatic carbocycles. The Morgan fingerprint density at radius 3 is 2.43 bits per heavy atom. The third-order valence-corrected chi connectivity index (χ3v) is 4.93. The van der Waals surface area contributed by atoms with Gasteiger partial charge >= 0.3 is 0 Å². The maximum absolute atomic E-state index is 12.4. The van der Waals surface area contributed by atoms with Crippen molar-refractivity contribution in [2.45, 2.75) is 6.92 Å². The van der Waals surface area contributed by atoms with Crippen molar-refractivity contribution >= 4 is 28.8 Å². The predicted octanol–water partition coefficient (Wildman–Crippen LogP) is 4.46. The molecule has 1 aromatic heterocycles. The summed E-state index contributed by atoms with van der Waals surface area (Å²) in [6, 6.07) is 17.0. The third kappa shape index (κ3) is 3.14. The van der Waals surface area contributed by atoms with Crippen LogP contribution in [0, 0.1) is 6.92 Å². The van der Waals surface area contributed by atoms with Crippen LogP contribution in [0.15, 0.2) is 59.6 Å². The smallest absolute Gasteiger partial charge is 0.281 e. The molecule has 0 aliphatic rings. The fraction of sp³-hybridized carbons (Fsp3) is 0.111. The largest absolute Gasteiger partial charge is 0.319 e. The molecule has 0 spiro atoms. The lowest BCUT2D eigenvalue weighted by Crippen LogP contribution is -2.14. The molecule has 3 nitrogen and oxygen atoms in total. The van der Waals surface area contributed by atoms with Gasteiger partial charge in [-0.25, -0.2) is 0 Å². The Kier molecular flexibility index (Phi) is 4.46. The van der Waals surface area contributed by atoms with Crippen molar-refractivity contribution in [3.63, 3.8) is 0 Å². The number of rotatable bonds is 2. The van der Waals surface area contributed by atoms with Crippen molar-refractivity contribution in [1.82, 2.24) is 4.57 Å². The molecule has 0 bridgehead atoms. The highest BCUT2D eigenvalue weighted by Gasteiger charge is 2.12. The van der Waals surface area contributed by atoms with Crippen LogP contribution in [0.3, 0.4) is 0 Å². The van der Waals surface area contributed by atoms with E-state index in [2.05, 4.69) is 17.1 Å². The molecule has 0 saturated heterocycles. The average molecular weight is 343 g/mol. The molecule has 5 heteroatoms. The molecule has 116 valence electrons. The van der Waals surface area contributed by atoms with Crippen LogP contribution in [0.1, 0.15) is 15.2 Å². The number of thiazole rings is 1. The maximum Gasteiger partial charge on any atom is 0.281 e.